The van der Waals surface area contributed by atoms with Gasteiger partial charge in [0.15, 0.2) is 0 Å². The summed E-state index contributed by atoms with van der Waals surface area (Å²) in [4.78, 5) is 11.8. The Kier molecular flexibility index (Phi) is 15.3. The van der Waals surface area contributed by atoms with Crippen LogP contribution in [-0.4, -0.2) is 17.8 Å². The van der Waals surface area contributed by atoms with E-state index in [0.29, 0.717) is 12.3 Å². The van der Waals surface area contributed by atoms with Crippen molar-refractivity contribution < 1.29 is 4.79 Å². The number of hydrogen-bond donors (Lipinski definition) is 1. The third-order valence-corrected chi connectivity index (χ3v) is 4.27. The van der Waals surface area contributed by atoms with Gasteiger partial charge in [0.2, 0.25) is 5.91 Å². The zero-order chi connectivity index (χ0) is 15.1. The average molecular weight is 348 g/mol. The van der Waals surface area contributed by atoms with Crippen LogP contribution in [0.3, 0.4) is 0 Å². The molecule has 1 unspecified atom stereocenters. The molecule has 1 atom stereocenters. The third-order valence-electron chi connectivity index (χ3n) is 3.81. The number of carbonyl (C=O) groups is 1. The monoisotopic (exact) mass is 347 g/mol. The normalized spacial score (nSPS) is 12.3. The lowest BCUT2D eigenvalue weighted by Gasteiger charge is -2.15. The van der Waals surface area contributed by atoms with E-state index < -0.39 is 0 Å². The highest BCUT2D eigenvalue weighted by Gasteiger charge is 2.08. The molecule has 0 saturated carbocycles. The smallest absolute Gasteiger partial charge is 0.220 e. The first-order valence-corrected chi connectivity index (χ1v) is 9.69. The van der Waals surface area contributed by atoms with Crippen molar-refractivity contribution in [2.75, 3.05) is 11.9 Å². The Bertz CT molecular complexity index is 215. The highest BCUT2D eigenvalue weighted by molar-refractivity contribution is 9.09. The fourth-order valence-electron chi connectivity index (χ4n) is 2.50. The molecule has 0 bridgehead atoms. The second kappa shape index (κ2) is 15.3. The molecule has 2 nitrogen and oxygen atoms in total. The Morgan fingerprint density at radius 1 is 0.950 bits per heavy atom. The summed E-state index contributed by atoms with van der Waals surface area (Å²) in [6, 6.07) is 0. The Balaban J connectivity index is 3.47. The van der Waals surface area contributed by atoms with Gasteiger partial charge in [0.05, 0.1) is 0 Å². The van der Waals surface area contributed by atoms with E-state index in [2.05, 4.69) is 35.1 Å². The quantitative estimate of drug-likeness (QED) is 0.328. The highest BCUT2D eigenvalue weighted by atomic mass is 79.9. The predicted molar refractivity (Wildman–Crippen MR) is 92.4 cm³/mol. The number of unbranched alkanes of at least 4 members (excludes halogenated alkanes) is 6. The van der Waals surface area contributed by atoms with Crippen LogP contribution in [0.1, 0.15) is 84.5 Å². The van der Waals surface area contributed by atoms with Crippen molar-refractivity contribution in [3.05, 3.63) is 0 Å². The van der Waals surface area contributed by atoms with E-state index in [4.69, 9.17) is 0 Å². The Morgan fingerprint density at radius 2 is 1.60 bits per heavy atom. The molecule has 0 aliphatic heterocycles. The topological polar surface area (TPSA) is 29.1 Å². The van der Waals surface area contributed by atoms with Crippen LogP contribution in [-0.2, 0) is 4.79 Å². The summed E-state index contributed by atoms with van der Waals surface area (Å²) in [6.45, 7) is 5.31. The maximum absolute atomic E-state index is 11.8. The lowest BCUT2D eigenvalue weighted by molar-refractivity contribution is -0.121. The van der Waals surface area contributed by atoms with Crippen LogP contribution in [0, 0.1) is 5.92 Å². The minimum atomic E-state index is 0.245. The van der Waals surface area contributed by atoms with Gasteiger partial charge in [-0.15, -0.1) is 0 Å². The third kappa shape index (κ3) is 13.0. The number of nitrogens with one attached hydrogen (secondary N) is 1. The lowest BCUT2D eigenvalue weighted by atomic mass is 10.0. The van der Waals surface area contributed by atoms with Gasteiger partial charge in [-0.1, -0.05) is 74.7 Å². The van der Waals surface area contributed by atoms with Crippen molar-refractivity contribution >= 4 is 21.8 Å². The van der Waals surface area contributed by atoms with E-state index in [1.54, 1.807) is 0 Å². The van der Waals surface area contributed by atoms with Gasteiger partial charge in [-0.2, -0.15) is 0 Å². The molecule has 0 radical (unpaired) electrons. The van der Waals surface area contributed by atoms with Gasteiger partial charge in [0.1, 0.15) is 0 Å². The summed E-state index contributed by atoms with van der Waals surface area (Å²) in [5.74, 6) is 0.881. The minimum absolute atomic E-state index is 0.245. The van der Waals surface area contributed by atoms with Crippen molar-refractivity contribution in [3.8, 4) is 0 Å². The first-order chi connectivity index (χ1) is 9.74. The standard InChI is InChI=1S/C17H34BrNO/c1-3-5-6-7-8-9-10-12-17(20)19-15-16(11-4-2)13-14-18/h16H,3-15H2,1-2H3,(H,19,20). The maximum atomic E-state index is 11.8. The fourth-order valence-corrected chi connectivity index (χ4v) is 3.15. The van der Waals surface area contributed by atoms with Crippen molar-refractivity contribution in [2.45, 2.75) is 84.5 Å². The first-order valence-electron chi connectivity index (χ1n) is 8.57. The lowest BCUT2D eigenvalue weighted by Crippen LogP contribution is -2.29. The van der Waals surface area contributed by atoms with E-state index in [9.17, 15) is 4.79 Å². The molecule has 0 aromatic rings. The molecule has 20 heavy (non-hydrogen) atoms. The van der Waals surface area contributed by atoms with E-state index in [1.807, 2.05) is 0 Å². The Morgan fingerprint density at radius 3 is 2.20 bits per heavy atom. The van der Waals surface area contributed by atoms with Gasteiger partial charge in [-0.3, -0.25) is 4.79 Å². The van der Waals surface area contributed by atoms with Crippen LogP contribution in [0.5, 0.6) is 0 Å². The number of halogens is 1. The molecule has 3 heteroatoms. The maximum Gasteiger partial charge on any atom is 0.220 e. The van der Waals surface area contributed by atoms with Gasteiger partial charge in [-0.25, -0.2) is 0 Å². The van der Waals surface area contributed by atoms with Crippen LogP contribution in [0.2, 0.25) is 0 Å². The molecule has 0 heterocycles. The molecular weight excluding hydrogens is 314 g/mol. The molecule has 0 aromatic heterocycles. The molecule has 0 spiro atoms. The van der Waals surface area contributed by atoms with Crippen molar-refractivity contribution in [1.29, 1.82) is 0 Å². The molecule has 120 valence electrons. The molecule has 0 saturated heterocycles. The molecule has 0 rings (SSSR count). The minimum Gasteiger partial charge on any atom is -0.356 e. The summed E-state index contributed by atoms with van der Waals surface area (Å²) < 4.78 is 0. The molecule has 0 aliphatic rings. The highest BCUT2D eigenvalue weighted by Crippen LogP contribution is 2.12. The Labute approximate surface area is 134 Å². The van der Waals surface area contributed by atoms with E-state index in [1.165, 1.54) is 51.4 Å². The summed E-state index contributed by atoms with van der Waals surface area (Å²) in [5, 5.41) is 4.14. The van der Waals surface area contributed by atoms with Gasteiger partial charge < -0.3 is 5.32 Å². The van der Waals surface area contributed by atoms with Crippen LogP contribution < -0.4 is 5.32 Å². The van der Waals surface area contributed by atoms with Crippen molar-refractivity contribution in [2.24, 2.45) is 5.92 Å². The van der Waals surface area contributed by atoms with E-state index in [-0.39, 0.29) is 5.91 Å². The van der Waals surface area contributed by atoms with E-state index in [0.717, 1.165) is 24.7 Å². The summed E-state index contributed by atoms with van der Waals surface area (Å²) in [5.41, 5.74) is 0. The van der Waals surface area contributed by atoms with Gasteiger partial charge >= 0.3 is 0 Å². The van der Waals surface area contributed by atoms with Gasteiger partial charge in [0, 0.05) is 18.3 Å². The number of amides is 1. The fraction of sp³-hybridized carbons (Fsp3) is 0.941. The van der Waals surface area contributed by atoms with Gasteiger partial charge in [-0.05, 0) is 25.2 Å². The molecule has 0 aromatic carbocycles. The average Bonchev–Trinajstić information content (AvgIpc) is 2.44. The summed E-state index contributed by atoms with van der Waals surface area (Å²) >= 11 is 3.49. The first kappa shape index (κ1) is 19.9. The molecule has 1 N–H and O–H groups in total. The van der Waals surface area contributed by atoms with Crippen LogP contribution in [0.4, 0.5) is 0 Å². The van der Waals surface area contributed by atoms with E-state index >= 15 is 0 Å². The number of alkyl halides is 1. The Hall–Kier alpha value is -0.0500. The van der Waals surface area contributed by atoms with Crippen molar-refractivity contribution in [3.63, 3.8) is 0 Å². The molecule has 0 aliphatic carbocycles. The second-order valence-electron chi connectivity index (χ2n) is 5.81. The largest absolute Gasteiger partial charge is 0.356 e. The zero-order valence-electron chi connectivity index (χ0n) is 13.6. The summed E-state index contributed by atoms with van der Waals surface area (Å²) in [6.07, 6.45) is 13.2. The molecule has 0 fully saturated rings. The zero-order valence-corrected chi connectivity index (χ0v) is 15.1. The second-order valence-corrected chi connectivity index (χ2v) is 6.60. The number of carbonyl (C=O) groups excluding carboxylic acids is 1. The number of hydrogen-bond acceptors (Lipinski definition) is 1. The van der Waals surface area contributed by atoms with Crippen LogP contribution >= 0.6 is 15.9 Å². The number of rotatable bonds is 14. The predicted octanol–water partition coefficient (Wildman–Crippen LogP) is 5.44. The molecule has 1 amide bonds. The summed E-state index contributed by atoms with van der Waals surface area (Å²) in [7, 11) is 0. The van der Waals surface area contributed by atoms with Crippen LogP contribution in [0.25, 0.3) is 0 Å². The van der Waals surface area contributed by atoms with Crippen LogP contribution in [0.15, 0.2) is 0 Å². The SMILES string of the molecule is CCCCCCCCCC(=O)NCC(CCC)CCBr. The molecular formula is C17H34BrNO. The van der Waals surface area contributed by atoms with Gasteiger partial charge in [0.25, 0.3) is 0 Å². The van der Waals surface area contributed by atoms with Crippen molar-refractivity contribution in [1.82, 2.24) is 5.32 Å².